The Balaban J connectivity index is 2.00. The van der Waals surface area contributed by atoms with E-state index in [1.807, 2.05) is 0 Å². The number of rotatable bonds is 4. The standard InChI is InChI=1S/C13H12FNO2/c14-12-4-2-1-3-11(12)9-17-13-6-5-10(8-16)7-15-13/h1-7,16H,8-9H2. The van der Waals surface area contributed by atoms with Crippen molar-refractivity contribution < 1.29 is 14.2 Å². The van der Waals surface area contributed by atoms with Crippen molar-refractivity contribution in [3.63, 3.8) is 0 Å². The molecule has 0 bridgehead atoms. The van der Waals surface area contributed by atoms with Crippen molar-refractivity contribution in [1.29, 1.82) is 0 Å². The number of benzene rings is 1. The van der Waals surface area contributed by atoms with Gasteiger partial charge in [-0.25, -0.2) is 9.37 Å². The fourth-order valence-corrected chi connectivity index (χ4v) is 1.36. The number of nitrogens with zero attached hydrogens (tertiary/aromatic N) is 1. The number of halogens is 1. The van der Waals surface area contributed by atoms with Crippen LogP contribution in [0.1, 0.15) is 11.1 Å². The number of ether oxygens (including phenoxy) is 1. The Hall–Kier alpha value is -1.94. The van der Waals surface area contributed by atoms with Gasteiger partial charge in [0.2, 0.25) is 5.88 Å². The number of hydrogen-bond acceptors (Lipinski definition) is 3. The minimum atomic E-state index is -0.292. The summed E-state index contributed by atoms with van der Waals surface area (Å²) in [4.78, 5) is 3.99. The van der Waals surface area contributed by atoms with E-state index in [9.17, 15) is 4.39 Å². The normalized spacial score (nSPS) is 10.2. The Labute approximate surface area is 98.5 Å². The quantitative estimate of drug-likeness (QED) is 0.881. The van der Waals surface area contributed by atoms with Gasteiger partial charge in [0, 0.05) is 17.8 Å². The van der Waals surface area contributed by atoms with Gasteiger partial charge in [-0.05, 0) is 17.7 Å². The molecule has 17 heavy (non-hydrogen) atoms. The molecule has 88 valence electrons. The molecule has 0 aliphatic carbocycles. The van der Waals surface area contributed by atoms with Crippen LogP contribution in [0.3, 0.4) is 0 Å². The molecule has 4 heteroatoms. The molecule has 2 aromatic rings. The smallest absolute Gasteiger partial charge is 0.213 e. The van der Waals surface area contributed by atoms with Crippen LogP contribution in [0.2, 0.25) is 0 Å². The summed E-state index contributed by atoms with van der Waals surface area (Å²) in [5.41, 5.74) is 1.20. The summed E-state index contributed by atoms with van der Waals surface area (Å²) in [5.74, 6) is 0.116. The molecular weight excluding hydrogens is 221 g/mol. The summed E-state index contributed by atoms with van der Waals surface area (Å²) in [5, 5.41) is 8.84. The van der Waals surface area contributed by atoms with E-state index in [-0.39, 0.29) is 19.0 Å². The third-order valence-electron chi connectivity index (χ3n) is 2.31. The number of aromatic nitrogens is 1. The van der Waals surface area contributed by atoms with Crippen LogP contribution < -0.4 is 4.74 Å². The summed E-state index contributed by atoms with van der Waals surface area (Å²) in [7, 11) is 0. The molecule has 1 heterocycles. The minimum absolute atomic E-state index is 0.0550. The summed E-state index contributed by atoms with van der Waals surface area (Å²) in [6.07, 6.45) is 1.52. The number of aliphatic hydroxyl groups excluding tert-OH is 1. The Morgan fingerprint density at radius 1 is 1.18 bits per heavy atom. The van der Waals surface area contributed by atoms with Gasteiger partial charge in [-0.2, -0.15) is 0 Å². The molecule has 0 saturated heterocycles. The number of aliphatic hydroxyl groups is 1. The van der Waals surface area contributed by atoms with E-state index in [0.717, 1.165) is 0 Å². The predicted octanol–water partition coefficient (Wildman–Crippen LogP) is 2.29. The first-order valence-electron chi connectivity index (χ1n) is 5.21. The molecule has 0 spiro atoms. The van der Waals surface area contributed by atoms with Crippen LogP contribution >= 0.6 is 0 Å². The molecule has 0 saturated carbocycles. The molecule has 1 aromatic carbocycles. The zero-order valence-electron chi connectivity index (χ0n) is 9.14. The Bertz CT molecular complexity index is 485. The highest BCUT2D eigenvalue weighted by atomic mass is 19.1. The SMILES string of the molecule is OCc1ccc(OCc2ccccc2F)nc1. The third kappa shape index (κ3) is 3.01. The van der Waals surface area contributed by atoms with Gasteiger partial charge in [-0.1, -0.05) is 18.2 Å². The molecule has 0 aliphatic heterocycles. The lowest BCUT2D eigenvalue weighted by molar-refractivity contribution is 0.276. The van der Waals surface area contributed by atoms with Crippen LogP contribution in [0.4, 0.5) is 4.39 Å². The Morgan fingerprint density at radius 2 is 2.00 bits per heavy atom. The fraction of sp³-hybridized carbons (Fsp3) is 0.154. The molecular formula is C13H12FNO2. The first-order chi connectivity index (χ1) is 8.29. The van der Waals surface area contributed by atoms with E-state index in [2.05, 4.69) is 4.98 Å². The molecule has 1 aromatic heterocycles. The maximum atomic E-state index is 13.3. The molecule has 3 nitrogen and oxygen atoms in total. The lowest BCUT2D eigenvalue weighted by atomic mass is 10.2. The highest BCUT2D eigenvalue weighted by Gasteiger charge is 2.02. The van der Waals surface area contributed by atoms with Gasteiger partial charge in [-0.3, -0.25) is 0 Å². The second kappa shape index (κ2) is 5.41. The highest BCUT2D eigenvalue weighted by Crippen LogP contribution is 2.12. The van der Waals surface area contributed by atoms with Crippen LogP contribution in [-0.4, -0.2) is 10.1 Å². The third-order valence-corrected chi connectivity index (χ3v) is 2.31. The summed E-state index contributed by atoms with van der Waals surface area (Å²) < 4.78 is 18.6. The van der Waals surface area contributed by atoms with Crippen molar-refractivity contribution in [2.75, 3.05) is 0 Å². The van der Waals surface area contributed by atoms with Crippen LogP contribution in [0.15, 0.2) is 42.6 Å². The van der Waals surface area contributed by atoms with E-state index in [1.165, 1.54) is 12.3 Å². The van der Waals surface area contributed by atoms with Gasteiger partial charge in [0.05, 0.1) is 6.61 Å². The van der Waals surface area contributed by atoms with Crippen LogP contribution in [0.5, 0.6) is 5.88 Å². The second-order valence-electron chi connectivity index (χ2n) is 3.54. The van der Waals surface area contributed by atoms with Gasteiger partial charge < -0.3 is 9.84 Å². The van der Waals surface area contributed by atoms with Gasteiger partial charge in [0.1, 0.15) is 12.4 Å². The van der Waals surface area contributed by atoms with Crippen molar-refractivity contribution in [3.05, 3.63) is 59.5 Å². The molecule has 0 radical (unpaired) electrons. The molecule has 0 fully saturated rings. The van der Waals surface area contributed by atoms with E-state index in [1.54, 1.807) is 30.3 Å². The average Bonchev–Trinajstić information content (AvgIpc) is 2.38. The number of hydrogen-bond donors (Lipinski definition) is 1. The maximum Gasteiger partial charge on any atom is 0.213 e. The zero-order chi connectivity index (χ0) is 12.1. The van der Waals surface area contributed by atoms with Crippen molar-refractivity contribution in [1.82, 2.24) is 4.98 Å². The van der Waals surface area contributed by atoms with Crippen molar-refractivity contribution in [2.45, 2.75) is 13.2 Å². The van der Waals surface area contributed by atoms with Crippen molar-refractivity contribution >= 4 is 0 Å². The summed E-state index contributed by atoms with van der Waals surface area (Å²) in [6, 6.07) is 9.80. The highest BCUT2D eigenvalue weighted by molar-refractivity contribution is 5.19. The topological polar surface area (TPSA) is 42.4 Å². The molecule has 0 aliphatic rings. The largest absolute Gasteiger partial charge is 0.473 e. The molecule has 0 unspecified atom stereocenters. The monoisotopic (exact) mass is 233 g/mol. The van der Waals surface area contributed by atoms with Crippen LogP contribution in [0.25, 0.3) is 0 Å². The minimum Gasteiger partial charge on any atom is -0.473 e. The molecule has 0 atom stereocenters. The Kier molecular flexibility index (Phi) is 3.67. The van der Waals surface area contributed by atoms with E-state index >= 15 is 0 Å². The second-order valence-corrected chi connectivity index (χ2v) is 3.54. The lowest BCUT2D eigenvalue weighted by Crippen LogP contribution is -1.99. The van der Waals surface area contributed by atoms with E-state index in [0.29, 0.717) is 17.0 Å². The lowest BCUT2D eigenvalue weighted by Gasteiger charge is -2.06. The molecule has 1 N–H and O–H groups in total. The Morgan fingerprint density at radius 3 is 2.65 bits per heavy atom. The number of pyridine rings is 1. The van der Waals surface area contributed by atoms with E-state index in [4.69, 9.17) is 9.84 Å². The maximum absolute atomic E-state index is 13.3. The fourth-order valence-electron chi connectivity index (χ4n) is 1.36. The van der Waals surface area contributed by atoms with E-state index < -0.39 is 0 Å². The van der Waals surface area contributed by atoms with Crippen LogP contribution in [0, 0.1) is 5.82 Å². The van der Waals surface area contributed by atoms with Gasteiger partial charge in [-0.15, -0.1) is 0 Å². The zero-order valence-corrected chi connectivity index (χ0v) is 9.14. The molecule has 2 rings (SSSR count). The van der Waals surface area contributed by atoms with Crippen molar-refractivity contribution in [3.8, 4) is 5.88 Å². The first kappa shape index (κ1) is 11.5. The summed E-state index contributed by atoms with van der Waals surface area (Å²) >= 11 is 0. The first-order valence-corrected chi connectivity index (χ1v) is 5.21. The summed E-state index contributed by atoms with van der Waals surface area (Å²) in [6.45, 7) is 0.0821. The van der Waals surface area contributed by atoms with Gasteiger partial charge in [0.25, 0.3) is 0 Å². The predicted molar refractivity (Wildman–Crippen MR) is 60.9 cm³/mol. The average molecular weight is 233 g/mol. The van der Waals surface area contributed by atoms with Crippen molar-refractivity contribution in [2.24, 2.45) is 0 Å². The molecule has 0 amide bonds. The van der Waals surface area contributed by atoms with Gasteiger partial charge in [0.15, 0.2) is 0 Å². The van der Waals surface area contributed by atoms with Gasteiger partial charge >= 0.3 is 0 Å². The van der Waals surface area contributed by atoms with Crippen LogP contribution in [-0.2, 0) is 13.2 Å².